The summed E-state index contributed by atoms with van der Waals surface area (Å²) >= 11 is 0. The fourth-order valence-corrected chi connectivity index (χ4v) is 2.18. The van der Waals surface area contributed by atoms with E-state index in [0.717, 1.165) is 12.1 Å². The van der Waals surface area contributed by atoms with Crippen molar-refractivity contribution in [1.82, 2.24) is 14.8 Å². The van der Waals surface area contributed by atoms with Gasteiger partial charge in [0.15, 0.2) is 0 Å². The molecule has 0 aromatic carbocycles. The Labute approximate surface area is 117 Å². The highest BCUT2D eigenvalue weighted by Gasteiger charge is 2.25. The maximum atomic E-state index is 12.5. The summed E-state index contributed by atoms with van der Waals surface area (Å²) in [5.74, 6) is 5.16. The van der Waals surface area contributed by atoms with Gasteiger partial charge in [-0.3, -0.25) is 20.4 Å². The minimum absolute atomic E-state index is 0.0572. The van der Waals surface area contributed by atoms with Gasteiger partial charge in [-0.05, 0) is 19.4 Å². The van der Waals surface area contributed by atoms with Crippen LogP contribution in [-0.2, 0) is 4.79 Å². The Bertz CT molecular complexity index is 531. The number of likely N-dealkylation sites (N-methyl/N-ethyl adjacent to an activating group) is 1. The van der Waals surface area contributed by atoms with Crippen molar-refractivity contribution >= 4 is 17.5 Å². The van der Waals surface area contributed by atoms with Crippen molar-refractivity contribution in [3.8, 4) is 0 Å². The molecule has 2 rings (SSSR count). The molecular formula is C13H19N5O2. The standard InChI is InChI=1S/C13H19N5O2/c1-9-6-11(16-14)10(7-15-9)13(20)18-5-3-4-17(2)12(19)8-18/h6-7H,3-5,8,14H2,1-2H3,(H,15,16). The molecule has 1 fully saturated rings. The van der Waals surface area contributed by atoms with Gasteiger partial charge in [0.2, 0.25) is 5.91 Å². The van der Waals surface area contributed by atoms with Crippen LogP contribution in [0.25, 0.3) is 0 Å². The van der Waals surface area contributed by atoms with Crippen LogP contribution in [0.1, 0.15) is 22.5 Å². The van der Waals surface area contributed by atoms with Gasteiger partial charge in [-0.1, -0.05) is 0 Å². The average Bonchev–Trinajstić information content (AvgIpc) is 2.60. The lowest BCUT2D eigenvalue weighted by atomic mass is 10.2. The maximum Gasteiger partial charge on any atom is 0.258 e. The van der Waals surface area contributed by atoms with E-state index in [1.54, 1.807) is 22.9 Å². The van der Waals surface area contributed by atoms with Crippen LogP contribution < -0.4 is 11.3 Å². The maximum absolute atomic E-state index is 12.5. The number of nitrogens with one attached hydrogen (secondary N) is 1. The summed E-state index contributed by atoms with van der Waals surface area (Å²) in [7, 11) is 1.75. The Kier molecular flexibility index (Phi) is 4.19. The second-order valence-corrected chi connectivity index (χ2v) is 4.91. The highest BCUT2D eigenvalue weighted by Crippen LogP contribution is 2.17. The van der Waals surface area contributed by atoms with Gasteiger partial charge < -0.3 is 15.2 Å². The number of hydrogen-bond acceptors (Lipinski definition) is 5. The third-order valence-corrected chi connectivity index (χ3v) is 3.39. The second kappa shape index (κ2) is 5.87. The molecule has 108 valence electrons. The predicted molar refractivity (Wildman–Crippen MR) is 74.9 cm³/mol. The molecule has 1 aromatic heterocycles. The largest absolute Gasteiger partial charge is 0.344 e. The zero-order valence-corrected chi connectivity index (χ0v) is 11.7. The highest BCUT2D eigenvalue weighted by atomic mass is 16.2. The van der Waals surface area contributed by atoms with Gasteiger partial charge in [0.25, 0.3) is 5.91 Å². The fraction of sp³-hybridized carbons (Fsp3) is 0.462. The Morgan fingerprint density at radius 3 is 2.90 bits per heavy atom. The number of rotatable bonds is 2. The van der Waals surface area contributed by atoms with E-state index < -0.39 is 0 Å². The molecule has 0 aliphatic carbocycles. The normalized spacial score (nSPS) is 16.1. The minimum atomic E-state index is -0.228. The third kappa shape index (κ3) is 2.88. The first-order chi connectivity index (χ1) is 9.52. The van der Waals surface area contributed by atoms with Crippen molar-refractivity contribution in [2.75, 3.05) is 32.1 Å². The Morgan fingerprint density at radius 2 is 2.20 bits per heavy atom. The van der Waals surface area contributed by atoms with Gasteiger partial charge in [-0.2, -0.15) is 0 Å². The molecule has 3 N–H and O–H groups in total. The van der Waals surface area contributed by atoms with Crippen LogP contribution >= 0.6 is 0 Å². The molecule has 20 heavy (non-hydrogen) atoms. The zero-order chi connectivity index (χ0) is 14.7. The summed E-state index contributed by atoms with van der Waals surface area (Å²) in [6.45, 7) is 3.12. The molecular weight excluding hydrogens is 258 g/mol. The summed E-state index contributed by atoms with van der Waals surface area (Å²) < 4.78 is 0. The number of pyridine rings is 1. The van der Waals surface area contributed by atoms with E-state index in [1.165, 1.54) is 6.20 Å². The van der Waals surface area contributed by atoms with Gasteiger partial charge in [0.05, 0.1) is 11.3 Å². The number of hydrogen-bond donors (Lipinski definition) is 2. The van der Waals surface area contributed by atoms with Crippen LogP contribution in [-0.4, -0.2) is 53.3 Å². The smallest absolute Gasteiger partial charge is 0.258 e. The zero-order valence-electron chi connectivity index (χ0n) is 11.7. The van der Waals surface area contributed by atoms with E-state index in [0.29, 0.717) is 24.3 Å². The van der Waals surface area contributed by atoms with Crippen LogP contribution in [0.5, 0.6) is 0 Å². The van der Waals surface area contributed by atoms with Gasteiger partial charge in [0.1, 0.15) is 6.54 Å². The Balaban J connectivity index is 2.24. The van der Waals surface area contributed by atoms with Crippen molar-refractivity contribution < 1.29 is 9.59 Å². The number of carbonyl (C=O) groups excluding carboxylic acids is 2. The highest BCUT2D eigenvalue weighted by molar-refractivity contribution is 6.01. The molecule has 1 aliphatic rings. The van der Waals surface area contributed by atoms with E-state index in [1.807, 2.05) is 6.92 Å². The second-order valence-electron chi connectivity index (χ2n) is 4.91. The Hall–Kier alpha value is -2.15. The van der Waals surface area contributed by atoms with Gasteiger partial charge in [-0.25, -0.2) is 0 Å². The third-order valence-electron chi connectivity index (χ3n) is 3.39. The molecule has 0 radical (unpaired) electrons. The molecule has 2 heterocycles. The molecule has 0 spiro atoms. The first kappa shape index (κ1) is 14.3. The number of nitrogen functional groups attached to an aromatic ring is 1. The number of anilines is 1. The van der Waals surface area contributed by atoms with Crippen LogP contribution in [0.15, 0.2) is 12.3 Å². The van der Waals surface area contributed by atoms with E-state index in [4.69, 9.17) is 5.84 Å². The molecule has 1 aromatic rings. The SMILES string of the molecule is Cc1cc(NN)c(C(=O)N2CCCN(C)C(=O)C2)cn1. The average molecular weight is 277 g/mol. The molecule has 7 heteroatoms. The van der Waals surface area contributed by atoms with E-state index in [-0.39, 0.29) is 18.4 Å². The first-order valence-electron chi connectivity index (χ1n) is 6.49. The van der Waals surface area contributed by atoms with E-state index in [2.05, 4.69) is 10.4 Å². The number of aromatic nitrogens is 1. The lowest BCUT2D eigenvalue weighted by Gasteiger charge is -2.21. The number of amides is 2. The lowest BCUT2D eigenvalue weighted by molar-refractivity contribution is -0.129. The molecule has 0 atom stereocenters. The number of nitrogens with zero attached hydrogens (tertiary/aromatic N) is 3. The predicted octanol–water partition coefficient (Wildman–Crippen LogP) is -0.0201. The molecule has 2 amide bonds. The van der Waals surface area contributed by atoms with Gasteiger partial charge in [-0.15, -0.1) is 0 Å². The lowest BCUT2D eigenvalue weighted by Crippen LogP contribution is -2.38. The quantitative estimate of drug-likeness (QED) is 0.585. The number of carbonyl (C=O) groups is 2. The fourth-order valence-electron chi connectivity index (χ4n) is 2.18. The summed E-state index contributed by atoms with van der Waals surface area (Å²) in [5.41, 5.74) is 4.18. The van der Waals surface area contributed by atoms with Crippen molar-refractivity contribution in [2.24, 2.45) is 5.84 Å². The summed E-state index contributed by atoms with van der Waals surface area (Å²) in [4.78, 5) is 31.7. The summed E-state index contributed by atoms with van der Waals surface area (Å²) in [6, 6.07) is 1.71. The van der Waals surface area contributed by atoms with Gasteiger partial charge in [0, 0.05) is 32.0 Å². The number of nitrogens with two attached hydrogens (primary N) is 1. The number of aryl methyl sites for hydroxylation is 1. The van der Waals surface area contributed by atoms with Crippen molar-refractivity contribution in [3.05, 3.63) is 23.5 Å². The first-order valence-corrected chi connectivity index (χ1v) is 6.49. The molecule has 0 bridgehead atoms. The summed E-state index contributed by atoms with van der Waals surface area (Å²) in [6.07, 6.45) is 2.25. The molecule has 1 saturated heterocycles. The minimum Gasteiger partial charge on any atom is -0.344 e. The van der Waals surface area contributed by atoms with E-state index in [9.17, 15) is 9.59 Å². The van der Waals surface area contributed by atoms with E-state index >= 15 is 0 Å². The van der Waals surface area contributed by atoms with Crippen LogP contribution in [0.2, 0.25) is 0 Å². The van der Waals surface area contributed by atoms with Crippen molar-refractivity contribution in [2.45, 2.75) is 13.3 Å². The van der Waals surface area contributed by atoms with Crippen LogP contribution in [0.3, 0.4) is 0 Å². The van der Waals surface area contributed by atoms with Crippen LogP contribution in [0, 0.1) is 6.92 Å². The monoisotopic (exact) mass is 277 g/mol. The molecule has 0 saturated carbocycles. The Morgan fingerprint density at radius 1 is 1.45 bits per heavy atom. The van der Waals surface area contributed by atoms with Crippen molar-refractivity contribution in [1.29, 1.82) is 0 Å². The molecule has 1 aliphatic heterocycles. The molecule has 0 unspecified atom stereocenters. The number of hydrazine groups is 1. The van der Waals surface area contributed by atoms with Crippen LogP contribution in [0.4, 0.5) is 5.69 Å². The molecule has 7 nitrogen and oxygen atoms in total. The van der Waals surface area contributed by atoms with Gasteiger partial charge >= 0.3 is 0 Å². The van der Waals surface area contributed by atoms with Crippen molar-refractivity contribution in [3.63, 3.8) is 0 Å². The summed E-state index contributed by atoms with van der Waals surface area (Å²) in [5, 5.41) is 0. The topological polar surface area (TPSA) is 91.6 Å².